The number of hydrogen-bond acceptors (Lipinski definition) is 4. The van der Waals surface area contributed by atoms with Gasteiger partial charge in [0.25, 0.3) is 0 Å². The molecule has 0 bridgehead atoms. The van der Waals surface area contributed by atoms with Crippen LogP contribution in [0.15, 0.2) is 71.9 Å². The number of nitrogens with zero attached hydrogens (tertiary/aromatic N) is 3. The van der Waals surface area contributed by atoms with E-state index in [0.717, 1.165) is 23.5 Å². The van der Waals surface area contributed by atoms with Gasteiger partial charge in [-0.1, -0.05) is 31.2 Å². The molecule has 1 N–H and O–H groups in total. The maximum absolute atomic E-state index is 5.87. The lowest BCUT2D eigenvalue weighted by Gasteiger charge is -2.12. The van der Waals surface area contributed by atoms with Crippen LogP contribution in [0.25, 0.3) is 5.69 Å². The molecule has 0 saturated heterocycles. The van der Waals surface area contributed by atoms with Crippen LogP contribution in [0.4, 0.5) is 5.69 Å². The monoisotopic (exact) mass is 394 g/mol. The first-order valence-electron chi connectivity index (χ1n) is 8.97. The number of benzene rings is 2. The molecule has 3 aromatic rings. The first kappa shape index (κ1) is 19.6. The van der Waals surface area contributed by atoms with Gasteiger partial charge in [-0.25, -0.2) is 9.67 Å². The average Bonchev–Trinajstić information content (AvgIpc) is 2.73. The molecule has 0 fully saturated rings. The third kappa shape index (κ3) is 5.17. The summed E-state index contributed by atoms with van der Waals surface area (Å²) in [4.78, 5) is 4.44. The number of rotatable bonds is 6. The summed E-state index contributed by atoms with van der Waals surface area (Å²) < 4.78 is 12.8. The smallest absolute Gasteiger partial charge is 0.217 e. The molecule has 0 spiro atoms. The van der Waals surface area contributed by atoms with Crippen molar-refractivity contribution in [2.45, 2.75) is 13.3 Å². The lowest BCUT2D eigenvalue weighted by atomic mass is 10.3. The van der Waals surface area contributed by atoms with Gasteiger partial charge in [0, 0.05) is 17.8 Å². The van der Waals surface area contributed by atoms with Crippen molar-refractivity contribution >= 4 is 23.0 Å². The molecule has 0 atom stereocenters. The number of ether oxygens (including phenoxy) is 2. The van der Waals surface area contributed by atoms with Crippen LogP contribution in [-0.2, 0) is 0 Å². The zero-order chi connectivity index (χ0) is 19.8. The second-order valence-electron chi connectivity index (χ2n) is 5.92. The summed E-state index contributed by atoms with van der Waals surface area (Å²) in [5.41, 5.74) is 1.72. The molecule has 144 valence electrons. The molecule has 0 amide bonds. The summed E-state index contributed by atoms with van der Waals surface area (Å²) in [6.45, 7) is 2.65. The van der Waals surface area contributed by atoms with Crippen molar-refractivity contribution in [2.24, 2.45) is 4.99 Å². The summed E-state index contributed by atoms with van der Waals surface area (Å²) >= 11 is 5.36. The Hall–Kier alpha value is -3.19. The van der Waals surface area contributed by atoms with E-state index in [1.165, 1.54) is 0 Å². The number of aromatic nitrogens is 2. The van der Waals surface area contributed by atoms with Crippen LogP contribution in [0, 0.1) is 0 Å². The van der Waals surface area contributed by atoms with Crippen LogP contribution in [-0.4, -0.2) is 28.6 Å². The van der Waals surface area contributed by atoms with Gasteiger partial charge < -0.3 is 14.8 Å². The Bertz CT molecular complexity index is 1000. The van der Waals surface area contributed by atoms with Crippen molar-refractivity contribution in [2.75, 3.05) is 19.0 Å². The van der Waals surface area contributed by atoms with Gasteiger partial charge in [0.15, 0.2) is 5.11 Å². The molecule has 2 aromatic carbocycles. The minimum atomic E-state index is 0.328. The van der Waals surface area contributed by atoms with Crippen LogP contribution in [0.1, 0.15) is 13.3 Å². The van der Waals surface area contributed by atoms with E-state index in [1.54, 1.807) is 18.0 Å². The Morgan fingerprint density at radius 3 is 2.71 bits per heavy atom. The predicted octanol–water partition coefficient (Wildman–Crippen LogP) is 3.97. The SMILES string of the molecule is CCCOc1c/c(=N/C(=S)Nc2cccc(OC)c2)cnn1-c1ccccc1. The van der Waals surface area contributed by atoms with E-state index in [1.807, 2.05) is 60.7 Å². The molecule has 3 rings (SSSR count). The van der Waals surface area contributed by atoms with Gasteiger partial charge in [-0.05, 0) is 42.9 Å². The van der Waals surface area contributed by atoms with Crippen molar-refractivity contribution in [3.05, 3.63) is 72.2 Å². The van der Waals surface area contributed by atoms with Crippen molar-refractivity contribution in [3.8, 4) is 17.3 Å². The summed E-state index contributed by atoms with van der Waals surface area (Å²) in [5, 5.41) is 8.50. The molecular formula is C21H22N4O2S. The van der Waals surface area contributed by atoms with Gasteiger partial charge >= 0.3 is 0 Å². The van der Waals surface area contributed by atoms with E-state index >= 15 is 0 Å². The normalized spacial score (nSPS) is 11.1. The van der Waals surface area contributed by atoms with Gasteiger partial charge in [0.2, 0.25) is 5.88 Å². The molecule has 28 heavy (non-hydrogen) atoms. The zero-order valence-electron chi connectivity index (χ0n) is 15.8. The Morgan fingerprint density at radius 2 is 1.96 bits per heavy atom. The predicted molar refractivity (Wildman–Crippen MR) is 114 cm³/mol. The quantitative estimate of drug-likeness (QED) is 0.641. The summed E-state index contributed by atoms with van der Waals surface area (Å²) in [6.07, 6.45) is 2.55. The van der Waals surface area contributed by atoms with Gasteiger partial charge in [0.05, 0.1) is 31.0 Å². The highest BCUT2D eigenvalue weighted by Crippen LogP contribution is 2.17. The lowest BCUT2D eigenvalue weighted by molar-refractivity contribution is 0.291. The molecule has 6 nitrogen and oxygen atoms in total. The zero-order valence-corrected chi connectivity index (χ0v) is 16.6. The maximum atomic E-state index is 5.87. The second kappa shape index (κ2) is 9.66. The lowest BCUT2D eigenvalue weighted by Crippen LogP contribution is -2.17. The van der Waals surface area contributed by atoms with Crippen molar-refractivity contribution < 1.29 is 9.47 Å². The van der Waals surface area contributed by atoms with Crippen molar-refractivity contribution in [1.82, 2.24) is 9.78 Å². The summed E-state index contributed by atoms with van der Waals surface area (Å²) in [7, 11) is 1.62. The van der Waals surface area contributed by atoms with Crippen molar-refractivity contribution in [3.63, 3.8) is 0 Å². The highest BCUT2D eigenvalue weighted by Gasteiger charge is 2.06. The molecule has 1 heterocycles. The Labute approximate surface area is 169 Å². The Morgan fingerprint density at radius 1 is 1.14 bits per heavy atom. The molecule has 0 aliphatic carbocycles. The van der Waals surface area contributed by atoms with E-state index in [0.29, 0.717) is 23.0 Å². The van der Waals surface area contributed by atoms with E-state index in [9.17, 15) is 0 Å². The first-order valence-corrected chi connectivity index (χ1v) is 9.38. The van der Waals surface area contributed by atoms with Crippen molar-refractivity contribution in [1.29, 1.82) is 0 Å². The number of methoxy groups -OCH3 is 1. The molecule has 1 aromatic heterocycles. The fourth-order valence-corrected chi connectivity index (χ4v) is 2.73. The first-order chi connectivity index (χ1) is 13.7. The summed E-state index contributed by atoms with van der Waals surface area (Å²) in [5.74, 6) is 1.35. The van der Waals surface area contributed by atoms with E-state index < -0.39 is 0 Å². The fraction of sp³-hybridized carbons (Fsp3) is 0.190. The van der Waals surface area contributed by atoms with E-state index in [-0.39, 0.29) is 0 Å². The van der Waals surface area contributed by atoms with Gasteiger partial charge in [-0.3, -0.25) is 0 Å². The molecule has 7 heteroatoms. The van der Waals surface area contributed by atoms with Crippen LogP contribution in [0.5, 0.6) is 11.6 Å². The van der Waals surface area contributed by atoms with Crippen LogP contribution >= 0.6 is 12.2 Å². The minimum Gasteiger partial charge on any atom is -0.497 e. The topological polar surface area (TPSA) is 60.7 Å². The molecule has 0 radical (unpaired) electrons. The molecule has 0 unspecified atom stereocenters. The average molecular weight is 395 g/mol. The Balaban J connectivity index is 1.87. The van der Waals surface area contributed by atoms with Crippen LogP contribution in [0.3, 0.4) is 0 Å². The van der Waals surface area contributed by atoms with Crippen LogP contribution < -0.4 is 20.1 Å². The fourth-order valence-electron chi connectivity index (χ4n) is 2.50. The number of para-hydroxylation sites is 1. The third-order valence-corrected chi connectivity index (χ3v) is 3.99. The standard InChI is InChI=1S/C21H22N4O2S/c1-3-12-27-20-14-17(15-22-25(20)18-9-5-4-6-10-18)24-21(28)23-16-8-7-11-19(13-16)26-2/h4-11,13-15H,3,12H2,1-2H3,(H,23,28)/b24-17-. The highest BCUT2D eigenvalue weighted by molar-refractivity contribution is 7.80. The van der Waals surface area contributed by atoms with Gasteiger partial charge in [-0.2, -0.15) is 5.10 Å². The number of anilines is 1. The summed E-state index contributed by atoms with van der Waals surface area (Å²) in [6, 6.07) is 19.1. The molecule has 0 aliphatic heterocycles. The number of nitrogens with one attached hydrogen (secondary N) is 1. The second-order valence-corrected chi connectivity index (χ2v) is 6.31. The Kier molecular flexibility index (Phi) is 6.75. The van der Waals surface area contributed by atoms with E-state index in [2.05, 4.69) is 22.3 Å². The molecule has 0 saturated carbocycles. The van der Waals surface area contributed by atoms with E-state index in [4.69, 9.17) is 21.7 Å². The maximum Gasteiger partial charge on any atom is 0.217 e. The molecular weight excluding hydrogens is 372 g/mol. The van der Waals surface area contributed by atoms with Gasteiger partial charge in [-0.15, -0.1) is 0 Å². The number of hydrogen-bond donors (Lipinski definition) is 1. The van der Waals surface area contributed by atoms with Crippen LogP contribution in [0.2, 0.25) is 0 Å². The highest BCUT2D eigenvalue weighted by atomic mass is 32.1. The molecule has 0 aliphatic rings. The minimum absolute atomic E-state index is 0.328. The number of thiocarbonyl (C=S) groups is 1. The third-order valence-electron chi connectivity index (χ3n) is 3.79. The largest absolute Gasteiger partial charge is 0.497 e. The van der Waals surface area contributed by atoms with Gasteiger partial charge in [0.1, 0.15) is 5.75 Å².